The van der Waals surface area contributed by atoms with Gasteiger partial charge in [0.25, 0.3) is 0 Å². The third-order valence-electron chi connectivity index (χ3n) is 1.95. The molecule has 0 aliphatic heterocycles. The molecule has 0 spiro atoms. The minimum absolute atomic E-state index is 0.345. The van der Waals surface area contributed by atoms with Gasteiger partial charge in [0.15, 0.2) is 16.6 Å². The second-order valence-corrected chi connectivity index (χ2v) is 4.56. The third kappa shape index (κ3) is 2.06. The van der Waals surface area contributed by atoms with Gasteiger partial charge in [-0.1, -0.05) is 37.0 Å². The smallest absolute Gasteiger partial charge is 0.194 e. The van der Waals surface area contributed by atoms with Crippen LogP contribution in [0.2, 0.25) is 10.2 Å². The maximum atomic E-state index is 5.96. The summed E-state index contributed by atoms with van der Waals surface area (Å²) >= 11 is 11.8. The van der Waals surface area contributed by atoms with Gasteiger partial charge in [-0.15, -0.1) is 10.2 Å². The molecule has 80 valence electrons. The van der Waals surface area contributed by atoms with E-state index >= 15 is 0 Å². The highest BCUT2D eigenvalue weighted by atomic mass is 35.5. The van der Waals surface area contributed by atoms with E-state index in [0.29, 0.717) is 21.7 Å². The molecule has 0 amide bonds. The summed E-state index contributed by atoms with van der Waals surface area (Å²) in [5.74, 6) is 1.27. The van der Waals surface area contributed by atoms with Gasteiger partial charge in [-0.2, -0.15) is 9.61 Å². The molecule has 0 fully saturated rings. The van der Waals surface area contributed by atoms with Crippen molar-refractivity contribution in [3.8, 4) is 0 Å². The molecule has 6 heteroatoms. The van der Waals surface area contributed by atoms with Gasteiger partial charge in [0.1, 0.15) is 0 Å². The number of hydrogen-bond donors (Lipinski definition) is 0. The molecular weight excluding hydrogens is 235 g/mol. The normalized spacial score (nSPS) is 11.5. The van der Waals surface area contributed by atoms with Crippen LogP contribution in [0.25, 0.3) is 5.65 Å². The zero-order chi connectivity index (χ0) is 11.0. The lowest BCUT2D eigenvalue weighted by atomic mass is 10.1. The summed E-state index contributed by atoms with van der Waals surface area (Å²) in [6, 6.07) is 1.56. The van der Waals surface area contributed by atoms with E-state index in [9.17, 15) is 0 Å². The molecule has 0 N–H and O–H groups in total. The first-order valence-corrected chi connectivity index (χ1v) is 5.40. The average molecular weight is 245 g/mol. The van der Waals surface area contributed by atoms with Gasteiger partial charge in [0.2, 0.25) is 0 Å². The quantitative estimate of drug-likeness (QED) is 0.816. The molecule has 15 heavy (non-hydrogen) atoms. The zero-order valence-corrected chi connectivity index (χ0v) is 9.92. The van der Waals surface area contributed by atoms with Crippen molar-refractivity contribution in [2.24, 2.45) is 5.92 Å². The number of rotatable bonds is 2. The lowest BCUT2D eigenvalue weighted by Gasteiger charge is -2.02. The molecule has 0 aliphatic carbocycles. The van der Waals surface area contributed by atoms with Crippen molar-refractivity contribution in [3.63, 3.8) is 0 Å². The van der Waals surface area contributed by atoms with Crippen LogP contribution >= 0.6 is 23.2 Å². The molecule has 2 rings (SSSR count). The predicted octanol–water partition coefficient (Wildman–Crippen LogP) is 2.63. The van der Waals surface area contributed by atoms with Crippen LogP contribution in [0.1, 0.15) is 19.7 Å². The van der Waals surface area contributed by atoms with Gasteiger partial charge in [-0.3, -0.25) is 0 Å². The van der Waals surface area contributed by atoms with Crippen molar-refractivity contribution in [2.45, 2.75) is 20.3 Å². The van der Waals surface area contributed by atoms with E-state index in [-0.39, 0.29) is 0 Å². The first kappa shape index (κ1) is 10.6. The highest BCUT2D eigenvalue weighted by Crippen LogP contribution is 2.19. The van der Waals surface area contributed by atoms with Crippen molar-refractivity contribution in [1.82, 2.24) is 19.8 Å². The highest BCUT2D eigenvalue weighted by Gasteiger charge is 2.12. The largest absolute Gasteiger partial charge is 0.196 e. The van der Waals surface area contributed by atoms with Crippen LogP contribution < -0.4 is 0 Å². The van der Waals surface area contributed by atoms with E-state index in [1.54, 1.807) is 10.6 Å². The Bertz CT molecular complexity index is 492. The molecule has 4 nitrogen and oxygen atoms in total. The molecular formula is C9H10Cl2N4. The second kappa shape index (κ2) is 3.94. The fraction of sp³-hybridized carbons (Fsp3) is 0.444. The molecule has 0 atom stereocenters. The Kier molecular flexibility index (Phi) is 2.80. The van der Waals surface area contributed by atoms with Crippen molar-refractivity contribution in [2.75, 3.05) is 0 Å². The molecule has 0 bridgehead atoms. The van der Waals surface area contributed by atoms with Crippen LogP contribution in [0.4, 0.5) is 0 Å². The Hall–Kier alpha value is -0.870. The Morgan fingerprint density at radius 2 is 2.07 bits per heavy atom. The van der Waals surface area contributed by atoms with Crippen LogP contribution in [0, 0.1) is 5.92 Å². The van der Waals surface area contributed by atoms with Gasteiger partial charge >= 0.3 is 0 Å². The standard InChI is InChI=1S/C9H10Cl2N4/c1-5(2)3-8-12-13-9-6(10)4-7(11)14-15(8)9/h4-5H,3H2,1-2H3. The summed E-state index contributed by atoms with van der Waals surface area (Å²) in [4.78, 5) is 0. The summed E-state index contributed by atoms with van der Waals surface area (Å²) in [5, 5.41) is 13.0. The van der Waals surface area contributed by atoms with Crippen molar-refractivity contribution in [3.05, 3.63) is 22.1 Å². The van der Waals surface area contributed by atoms with E-state index in [2.05, 4.69) is 29.1 Å². The fourth-order valence-electron chi connectivity index (χ4n) is 1.35. The first-order chi connectivity index (χ1) is 7.08. The van der Waals surface area contributed by atoms with E-state index in [1.807, 2.05) is 0 Å². The van der Waals surface area contributed by atoms with E-state index in [1.165, 1.54) is 0 Å². The second-order valence-electron chi connectivity index (χ2n) is 3.76. The van der Waals surface area contributed by atoms with E-state index in [0.717, 1.165) is 12.2 Å². The Morgan fingerprint density at radius 3 is 2.73 bits per heavy atom. The molecule has 2 aromatic rings. The van der Waals surface area contributed by atoms with Crippen LogP contribution in [-0.2, 0) is 6.42 Å². The molecule has 0 saturated carbocycles. The van der Waals surface area contributed by atoms with Crippen molar-refractivity contribution in [1.29, 1.82) is 0 Å². The van der Waals surface area contributed by atoms with Gasteiger partial charge in [0, 0.05) is 6.42 Å². The number of hydrogen-bond acceptors (Lipinski definition) is 3. The van der Waals surface area contributed by atoms with Gasteiger partial charge in [0.05, 0.1) is 5.02 Å². The molecule has 0 radical (unpaired) electrons. The Balaban J connectivity index is 2.58. The van der Waals surface area contributed by atoms with Crippen LogP contribution in [0.3, 0.4) is 0 Å². The maximum absolute atomic E-state index is 5.96. The minimum Gasteiger partial charge on any atom is -0.194 e. The summed E-state index contributed by atoms with van der Waals surface area (Å²) in [6.07, 6.45) is 0.796. The summed E-state index contributed by atoms with van der Waals surface area (Å²) in [7, 11) is 0. The molecule has 2 aromatic heterocycles. The van der Waals surface area contributed by atoms with Crippen molar-refractivity contribution < 1.29 is 0 Å². The maximum Gasteiger partial charge on any atom is 0.196 e. The van der Waals surface area contributed by atoms with E-state index < -0.39 is 0 Å². The monoisotopic (exact) mass is 244 g/mol. The van der Waals surface area contributed by atoms with Crippen LogP contribution in [0.15, 0.2) is 6.07 Å². The summed E-state index contributed by atoms with van der Waals surface area (Å²) in [5.41, 5.74) is 0.553. The highest BCUT2D eigenvalue weighted by molar-refractivity contribution is 6.35. The third-order valence-corrected chi connectivity index (χ3v) is 2.41. The Morgan fingerprint density at radius 1 is 1.33 bits per heavy atom. The predicted molar refractivity (Wildman–Crippen MR) is 59.3 cm³/mol. The van der Waals surface area contributed by atoms with Gasteiger partial charge in [-0.25, -0.2) is 0 Å². The number of nitrogens with zero attached hydrogens (tertiary/aromatic N) is 4. The molecule has 0 saturated heterocycles. The topological polar surface area (TPSA) is 43.1 Å². The molecule has 0 unspecified atom stereocenters. The van der Waals surface area contributed by atoms with Gasteiger partial charge < -0.3 is 0 Å². The average Bonchev–Trinajstić information content (AvgIpc) is 2.48. The van der Waals surface area contributed by atoms with Crippen LogP contribution in [0.5, 0.6) is 0 Å². The lowest BCUT2D eigenvalue weighted by molar-refractivity contribution is 0.606. The molecule has 0 aromatic carbocycles. The number of halogens is 2. The SMILES string of the molecule is CC(C)Cc1nnc2c(Cl)cc(Cl)nn12. The molecule has 2 heterocycles. The molecule has 0 aliphatic rings. The zero-order valence-electron chi connectivity index (χ0n) is 8.41. The number of fused-ring (bicyclic) bond motifs is 1. The summed E-state index contributed by atoms with van der Waals surface area (Å²) in [6.45, 7) is 4.21. The lowest BCUT2D eigenvalue weighted by Crippen LogP contribution is -2.03. The fourth-order valence-corrected chi connectivity index (χ4v) is 1.81. The van der Waals surface area contributed by atoms with Crippen molar-refractivity contribution >= 4 is 28.8 Å². The Labute approximate surface area is 97.2 Å². The first-order valence-electron chi connectivity index (χ1n) is 4.64. The van der Waals surface area contributed by atoms with Gasteiger partial charge in [-0.05, 0) is 12.0 Å². The van der Waals surface area contributed by atoms with Crippen LogP contribution in [-0.4, -0.2) is 19.8 Å². The minimum atomic E-state index is 0.345. The van der Waals surface area contributed by atoms with E-state index in [4.69, 9.17) is 23.2 Å². The number of aromatic nitrogens is 4. The summed E-state index contributed by atoms with van der Waals surface area (Å²) < 4.78 is 1.60.